The Morgan fingerprint density at radius 1 is 1.19 bits per heavy atom. The second-order valence-electron chi connectivity index (χ2n) is 6.30. The first-order valence-electron chi connectivity index (χ1n) is 8.69. The van der Waals surface area contributed by atoms with Crippen LogP contribution in [0.4, 0.5) is 11.4 Å². The Morgan fingerprint density at radius 3 is 2.56 bits per heavy atom. The van der Waals surface area contributed by atoms with Crippen molar-refractivity contribution in [1.29, 1.82) is 0 Å². The predicted octanol–water partition coefficient (Wildman–Crippen LogP) is 3.39. The fraction of sp³-hybridized carbons (Fsp3) is 0.300. The number of benzene rings is 2. The molecule has 1 saturated heterocycles. The molecule has 1 aliphatic heterocycles. The molecule has 1 atom stereocenters. The Balaban J connectivity index is 0.00000261. The van der Waals surface area contributed by atoms with Crippen molar-refractivity contribution >= 4 is 35.6 Å². The molecule has 0 saturated carbocycles. The molecule has 144 valence electrons. The molecule has 2 amide bonds. The first-order valence-corrected chi connectivity index (χ1v) is 8.69. The fourth-order valence-electron chi connectivity index (χ4n) is 3.23. The highest BCUT2D eigenvalue weighted by atomic mass is 35.5. The summed E-state index contributed by atoms with van der Waals surface area (Å²) in [6.45, 7) is 0.580. The molecule has 0 spiro atoms. The lowest BCUT2D eigenvalue weighted by Crippen LogP contribution is -2.43. The summed E-state index contributed by atoms with van der Waals surface area (Å²) < 4.78 is 5.14. The van der Waals surface area contributed by atoms with Crippen LogP contribution < -0.4 is 15.8 Å². The van der Waals surface area contributed by atoms with Gasteiger partial charge in [-0.05, 0) is 36.6 Å². The van der Waals surface area contributed by atoms with E-state index in [0.717, 1.165) is 18.4 Å². The van der Waals surface area contributed by atoms with Crippen molar-refractivity contribution in [2.24, 2.45) is 0 Å². The second kappa shape index (κ2) is 9.28. The minimum atomic E-state index is -0.660. The van der Waals surface area contributed by atoms with Crippen molar-refractivity contribution in [3.05, 3.63) is 54.1 Å². The van der Waals surface area contributed by atoms with E-state index in [1.807, 2.05) is 30.3 Å². The van der Waals surface area contributed by atoms with E-state index in [1.165, 1.54) is 7.11 Å². The molecule has 3 rings (SSSR count). The maximum Gasteiger partial charge on any atom is 0.251 e. The molecule has 2 aromatic rings. The van der Waals surface area contributed by atoms with Gasteiger partial charge in [0.2, 0.25) is 5.91 Å². The maximum absolute atomic E-state index is 13.0. The molecule has 0 bridgehead atoms. The van der Waals surface area contributed by atoms with E-state index in [-0.39, 0.29) is 24.2 Å². The number of hydrogen-bond acceptors (Lipinski definition) is 4. The summed E-state index contributed by atoms with van der Waals surface area (Å²) >= 11 is 0. The number of amides is 2. The van der Waals surface area contributed by atoms with Gasteiger partial charge in [0.15, 0.2) is 0 Å². The highest BCUT2D eigenvalue weighted by Gasteiger charge is 2.32. The number of nitrogens with zero attached hydrogens (tertiary/aromatic N) is 1. The van der Waals surface area contributed by atoms with Gasteiger partial charge >= 0.3 is 0 Å². The number of carbonyl (C=O) groups is 2. The first-order chi connectivity index (χ1) is 12.6. The highest BCUT2D eigenvalue weighted by Crippen LogP contribution is 2.29. The SMILES string of the molecule is COc1ccc(NC(=O)C(c2ccccc2)N2CCCCC2=O)cc1N.Cl. The molecule has 2 aromatic carbocycles. The number of ether oxygens (including phenoxy) is 1. The molecule has 6 nitrogen and oxygen atoms in total. The summed E-state index contributed by atoms with van der Waals surface area (Å²) in [7, 11) is 1.54. The largest absolute Gasteiger partial charge is 0.495 e. The molecule has 0 radical (unpaired) electrons. The van der Waals surface area contributed by atoms with Gasteiger partial charge < -0.3 is 20.7 Å². The number of anilines is 2. The van der Waals surface area contributed by atoms with Gasteiger partial charge in [-0.15, -0.1) is 12.4 Å². The van der Waals surface area contributed by atoms with Crippen molar-refractivity contribution in [2.75, 3.05) is 24.7 Å². The van der Waals surface area contributed by atoms with Crippen LogP contribution in [0.25, 0.3) is 0 Å². The van der Waals surface area contributed by atoms with Gasteiger partial charge in [-0.1, -0.05) is 30.3 Å². The van der Waals surface area contributed by atoms with E-state index >= 15 is 0 Å². The third-order valence-corrected chi connectivity index (χ3v) is 4.53. The summed E-state index contributed by atoms with van der Waals surface area (Å²) in [6.07, 6.45) is 2.25. The van der Waals surface area contributed by atoms with Crippen LogP contribution in [0.1, 0.15) is 30.9 Å². The van der Waals surface area contributed by atoms with Gasteiger partial charge in [-0.2, -0.15) is 0 Å². The quantitative estimate of drug-likeness (QED) is 0.767. The Kier molecular flexibility index (Phi) is 7.07. The molecule has 27 heavy (non-hydrogen) atoms. The van der Waals surface area contributed by atoms with Crippen LogP contribution >= 0.6 is 12.4 Å². The Labute approximate surface area is 165 Å². The van der Waals surface area contributed by atoms with Gasteiger partial charge in [-0.3, -0.25) is 9.59 Å². The van der Waals surface area contributed by atoms with Crippen LogP contribution in [0, 0.1) is 0 Å². The number of rotatable bonds is 5. The molecular formula is C20H24ClN3O3. The standard InChI is InChI=1S/C20H23N3O3.ClH/c1-26-17-11-10-15(13-16(17)21)22-20(25)19(14-7-3-2-4-8-14)23-12-6-5-9-18(23)24;/h2-4,7-8,10-11,13,19H,5-6,9,12,21H2,1H3,(H,22,25);1H. The first kappa shape index (κ1) is 20.6. The molecule has 0 aromatic heterocycles. The highest BCUT2D eigenvalue weighted by molar-refractivity contribution is 5.98. The number of hydrogen-bond donors (Lipinski definition) is 2. The van der Waals surface area contributed by atoms with E-state index < -0.39 is 6.04 Å². The van der Waals surface area contributed by atoms with Crippen molar-refractivity contribution in [1.82, 2.24) is 4.90 Å². The zero-order valence-electron chi connectivity index (χ0n) is 15.2. The zero-order chi connectivity index (χ0) is 18.5. The van der Waals surface area contributed by atoms with Gasteiger partial charge in [0.25, 0.3) is 5.91 Å². The number of carbonyl (C=O) groups excluding carboxylic acids is 2. The van der Waals surface area contributed by atoms with Crippen LogP contribution in [0.3, 0.4) is 0 Å². The van der Waals surface area contributed by atoms with Crippen LogP contribution in [0.15, 0.2) is 48.5 Å². The summed E-state index contributed by atoms with van der Waals surface area (Å²) in [5.41, 5.74) is 7.72. The van der Waals surface area contributed by atoms with Crippen LogP contribution in [-0.2, 0) is 9.59 Å². The Morgan fingerprint density at radius 2 is 1.93 bits per heavy atom. The lowest BCUT2D eigenvalue weighted by atomic mass is 10.0. The number of nitrogens with one attached hydrogen (secondary N) is 1. The molecule has 1 heterocycles. The van der Waals surface area contributed by atoms with Crippen molar-refractivity contribution in [3.63, 3.8) is 0 Å². The van der Waals surface area contributed by atoms with Crippen LogP contribution in [0.2, 0.25) is 0 Å². The lowest BCUT2D eigenvalue weighted by Gasteiger charge is -2.34. The number of likely N-dealkylation sites (tertiary alicyclic amines) is 1. The molecule has 0 aliphatic carbocycles. The summed E-state index contributed by atoms with van der Waals surface area (Å²) in [5.74, 6) is 0.305. The predicted molar refractivity (Wildman–Crippen MR) is 108 cm³/mol. The maximum atomic E-state index is 13.0. The van der Waals surface area contributed by atoms with E-state index in [9.17, 15) is 9.59 Å². The van der Waals surface area contributed by atoms with E-state index in [4.69, 9.17) is 10.5 Å². The van der Waals surface area contributed by atoms with Crippen molar-refractivity contribution in [3.8, 4) is 5.75 Å². The fourth-order valence-corrected chi connectivity index (χ4v) is 3.23. The third-order valence-electron chi connectivity index (χ3n) is 4.53. The molecule has 1 aliphatic rings. The molecule has 7 heteroatoms. The number of halogens is 1. The number of nitrogens with two attached hydrogens (primary N) is 1. The number of piperidine rings is 1. The van der Waals surface area contributed by atoms with Gasteiger partial charge in [0, 0.05) is 18.7 Å². The Hall–Kier alpha value is -2.73. The van der Waals surface area contributed by atoms with Gasteiger partial charge in [0.1, 0.15) is 11.8 Å². The zero-order valence-corrected chi connectivity index (χ0v) is 16.0. The van der Waals surface area contributed by atoms with Crippen molar-refractivity contribution in [2.45, 2.75) is 25.3 Å². The normalized spacial score (nSPS) is 14.9. The van der Waals surface area contributed by atoms with Gasteiger partial charge in [-0.25, -0.2) is 0 Å². The number of methoxy groups -OCH3 is 1. The topological polar surface area (TPSA) is 84.7 Å². The van der Waals surface area contributed by atoms with Gasteiger partial charge in [0.05, 0.1) is 12.8 Å². The molecule has 1 fully saturated rings. The molecular weight excluding hydrogens is 366 g/mol. The molecule has 3 N–H and O–H groups in total. The minimum Gasteiger partial charge on any atom is -0.495 e. The monoisotopic (exact) mass is 389 g/mol. The van der Waals surface area contributed by atoms with Crippen LogP contribution in [0.5, 0.6) is 5.75 Å². The Bertz CT molecular complexity index is 798. The minimum absolute atomic E-state index is 0. The second-order valence-corrected chi connectivity index (χ2v) is 6.30. The average Bonchev–Trinajstić information content (AvgIpc) is 2.65. The summed E-state index contributed by atoms with van der Waals surface area (Å²) in [6, 6.07) is 13.8. The van der Waals surface area contributed by atoms with Crippen molar-refractivity contribution < 1.29 is 14.3 Å². The van der Waals surface area contributed by atoms with E-state index in [1.54, 1.807) is 23.1 Å². The van der Waals surface area contributed by atoms with E-state index in [0.29, 0.717) is 30.1 Å². The third kappa shape index (κ3) is 4.71. The summed E-state index contributed by atoms with van der Waals surface area (Å²) in [4.78, 5) is 27.1. The summed E-state index contributed by atoms with van der Waals surface area (Å²) in [5, 5.41) is 2.88. The smallest absolute Gasteiger partial charge is 0.251 e. The average molecular weight is 390 g/mol. The number of nitrogen functional groups attached to an aromatic ring is 1. The van der Waals surface area contributed by atoms with E-state index in [2.05, 4.69) is 5.32 Å². The lowest BCUT2D eigenvalue weighted by molar-refractivity contribution is -0.141. The van der Waals surface area contributed by atoms with Crippen LogP contribution in [-0.4, -0.2) is 30.4 Å². The molecule has 1 unspecified atom stereocenters.